The Hall–Kier alpha value is -1.10. The topological polar surface area (TPSA) is 63.7 Å². The molecule has 2 saturated carbocycles. The second-order valence-corrected chi connectivity index (χ2v) is 13.0. The van der Waals surface area contributed by atoms with Crippen LogP contribution in [0.1, 0.15) is 67.3 Å². The van der Waals surface area contributed by atoms with Crippen molar-refractivity contribution >= 4 is 44.7 Å². The van der Waals surface area contributed by atoms with Crippen molar-refractivity contribution in [3.63, 3.8) is 0 Å². The fourth-order valence-corrected chi connectivity index (χ4v) is 7.49. The Kier molecular flexibility index (Phi) is 6.09. The zero-order chi connectivity index (χ0) is 21.6. The van der Waals surface area contributed by atoms with Crippen LogP contribution in [-0.2, 0) is 22.8 Å². The number of nitrogens with zero attached hydrogens (tertiary/aromatic N) is 3. The van der Waals surface area contributed by atoms with Crippen LogP contribution < -0.4 is 9.79 Å². The molecule has 2 aromatic rings. The van der Waals surface area contributed by atoms with E-state index in [9.17, 15) is 4.55 Å². The van der Waals surface area contributed by atoms with Crippen LogP contribution in [0.15, 0.2) is 23.1 Å². The third-order valence-corrected chi connectivity index (χ3v) is 10.1. The maximum absolute atomic E-state index is 13.0. The summed E-state index contributed by atoms with van der Waals surface area (Å²) in [6.07, 6.45) is 10.5. The van der Waals surface area contributed by atoms with E-state index in [0.717, 1.165) is 49.7 Å². The number of aryl methyl sites for hydroxylation is 1. The van der Waals surface area contributed by atoms with E-state index in [1.54, 1.807) is 22.7 Å². The van der Waals surface area contributed by atoms with Crippen molar-refractivity contribution in [1.29, 1.82) is 0 Å². The molecular weight excluding hydrogens is 448 g/mol. The number of thiazole rings is 1. The number of hydrogen-bond donors (Lipinski definition) is 1. The summed E-state index contributed by atoms with van der Waals surface area (Å²) < 4.78 is 17.1. The molecule has 1 aliphatic heterocycles. The SMILES string of the molecule is C=C1c2cc([S+]([O-])NC3(C)CC3)sc2N(CC2CCCCC2)ON1Cc1cnc(C)s1. The molecular formula is C22H30N4O2S3. The molecule has 2 aromatic heterocycles. The van der Waals surface area contributed by atoms with Gasteiger partial charge in [0.2, 0.25) is 4.21 Å². The Balaban J connectivity index is 1.40. The molecule has 1 N–H and O–H groups in total. The van der Waals surface area contributed by atoms with Gasteiger partial charge in [0, 0.05) is 22.7 Å². The molecule has 0 spiro atoms. The van der Waals surface area contributed by atoms with Gasteiger partial charge in [0.05, 0.1) is 40.7 Å². The predicted octanol–water partition coefficient (Wildman–Crippen LogP) is 5.40. The Morgan fingerprint density at radius 2 is 2.06 bits per heavy atom. The van der Waals surface area contributed by atoms with Crippen LogP contribution in [0.25, 0.3) is 5.70 Å². The van der Waals surface area contributed by atoms with Gasteiger partial charge in [-0.2, -0.15) is 4.94 Å². The average Bonchev–Trinajstić information content (AvgIpc) is 3.14. The lowest BCUT2D eigenvalue weighted by atomic mass is 9.89. The van der Waals surface area contributed by atoms with E-state index in [1.807, 2.05) is 29.3 Å². The van der Waals surface area contributed by atoms with Crippen molar-refractivity contribution < 1.29 is 9.49 Å². The molecule has 0 aromatic carbocycles. The van der Waals surface area contributed by atoms with Crippen molar-refractivity contribution in [3.8, 4) is 0 Å². The Bertz CT molecular complexity index is 948. The molecule has 2 aliphatic carbocycles. The third-order valence-electron chi connectivity index (χ3n) is 6.36. The van der Waals surface area contributed by atoms with Gasteiger partial charge in [-0.3, -0.25) is 0 Å². The van der Waals surface area contributed by atoms with Gasteiger partial charge in [-0.15, -0.1) is 16.1 Å². The van der Waals surface area contributed by atoms with Crippen molar-refractivity contribution in [3.05, 3.63) is 34.3 Å². The summed E-state index contributed by atoms with van der Waals surface area (Å²) in [5, 5.41) is 5.97. The number of thiophene rings is 1. The second kappa shape index (κ2) is 8.68. The average molecular weight is 479 g/mol. The van der Waals surface area contributed by atoms with Gasteiger partial charge >= 0.3 is 0 Å². The lowest BCUT2D eigenvalue weighted by molar-refractivity contribution is -0.137. The first-order chi connectivity index (χ1) is 14.9. The van der Waals surface area contributed by atoms with Crippen molar-refractivity contribution in [2.75, 3.05) is 11.6 Å². The van der Waals surface area contributed by atoms with Gasteiger partial charge in [-0.1, -0.05) is 37.2 Å². The van der Waals surface area contributed by atoms with Crippen LogP contribution in [0.4, 0.5) is 5.00 Å². The van der Waals surface area contributed by atoms with Crippen molar-refractivity contribution in [2.45, 2.75) is 75.1 Å². The third kappa shape index (κ3) is 4.82. The number of anilines is 1. The van der Waals surface area contributed by atoms with Crippen molar-refractivity contribution in [1.82, 2.24) is 14.8 Å². The van der Waals surface area contributed by atoms with E-state index in [1.165, 1.54) is 32.1 Å². The summed E-state index contributed by atoms with van der Waals surface area (Å²) in [4.78, 5) is 11.9. The highest BCUT2D eigenvalue weighted by molar-refractivity contribution is 7.91. The molecule has 5 rings (SSSR count). The van der Waals surface area contributed by atoms with Crippen LogP contribution in [-0.4, -0.2) is 26.7 Å². The molecule has 3 heterocycles. The molecule has 0 bridgehead atoms. The fourth-order valence-electron chi connectivity index (χ4n) is 4.21. The zero-order valence-electron chi connectivity index (χ0n) is 18.2. The maximum Gasteiger partial charge on any atom is 0.230 e. The van der Waals surface area contributed by atoms with Gasteiger partial charge in [0.15, 0.2) is 0 Å². The summed E-state index contributed by atoms with van der Waals surface area (Å²) in [7, 11) is 0. The normalized spacial score (nSPS) is 22.0. The lowest BCUT2D eigenvalue weighted by Crippen LogP contribution is -2.40. The van der Waals surface area contributed by atoms with Crippen LogP contribution >= 0.6 is 22.7 Å². The minimum Gasteiger partial charge on any atom is -0.592 e. The molecule has 9 heteroatoms. The zero-order valence-corrected chi connectivity index (χ0v) is 20.6. The standard InChI is InChI=1S/C22H30N4O2S3/c1-15-19-11-20(31(27)24-22(3)9-10-22)30-21(19)26(13-17-7-5-4-6-8-17)28-25(15)14-18-12-23-16(2)29-18/h11-12,17,24H,1,4-10,13-14H2,2-3H3. The van der Waals surface area contributed by atoms with Crippen LogP contribution in [0.5, 0.6) is 0 Å². The summed E-state index contributed by atoms with van der Waals surface area (Å²) in [5.41, 5.74) is 1.86. The molecule has 1 atom stereocenters. The maximum atomic E-state index is 13.0. The van der Waals surface area contributed by atoms with Crippen LogP contribution in [0.2, 0.25) is 0 Å². The first-order valence-electron chi connectivity index (χ1n) is 11.1. The summed E-state index contributed by atoms with van der Waals surface area (Å²) in [6, 6.07) is 2.04. The quantitative estimate of drug-likeness (QED) is 0.538. The summed E-state index contributed by atoms with van der Waals surface area (Å²) >= 11 is 2.02. The second-order valence-electron chi connectivity index (χ2n) is 9.19. The van der Waals surface area contributed by atoms with Gasteiger partial charge < -0.3 is 4.55 Å². The van der Waals surface area contributed by atoms with Crippen LogP contribution in [0, 0.1) is 12.8 Å². The first-order valence-corrected chi connectivity index (χ1v) is 13.9. The number of fused-ring (bicyclic) bond motifs is 1. The number of hydrogen-bond acceptors (Lipinski definition) is 8. The smallest absolute Gasteiger partial charge is 0.230 e. The Morgan fingerprint density at radius 3 is 2.74 bits per heavy atom. The van der Waals surface area contributed by atoms with E-state index in [0.29, 0.717) is 12.5 Å². The number of rotatable bonds is 7. The lowest BCUT2D eigenvalue weighted by Gasteiger charge is -2.38. The Labute approximate surface area is 195 Å². The van der Waals surface area contributed by atoms with E-state index >= 15 is 0 Å². The molecule has 0 saturated heterocycles. The van der Waals surface area contributed by atoms with Gasteiger partial charge in [-0.05, 0) is 45.4 Å². The van der Waals surface area contributed by atoms with Gasteiger partial charge in [-0.25, -0.2) is 15.1 Å². The molecule has 1 unspecified atom stereocenters. The summed E-state index contributed by atoms with van der Waals surface area (Å²) in [5.74, 6) is 0.625. The van der Waals surface area contributed by atoms with Gasteiger partial charge in [0.25, 0.3) is 0 Å². The minimum absolute atomic E-state index is 0.0146. The Morgan fingerprint density at radius 1 is 1.29 bits per heavy atom. The molecule has 31 heavy (non-hydrogen) atoms. The molecule has 6 nitrogen and oxygen atoms in total. The highest BCUT2D eigenvalue weighted by Crippen LogP contribution is 2.45. The molecule has 2 fully saturated rings. The monoisotopic (exact) mass is 478 g/mol. The summed E-state index contributed by atoms with van der Waals surface area (Å²) in [6.45, 7) is 9.94. The van der Waals surface area contributed by atoms with E-state index in [2.05, 4.69) is 23.2 Å². The largest absolute Gasteiger partial charge is 0.592 e. The molecule has 0 amide bonds. The van der Waals surface area contributed by atoms with Crippen molar-refractivity contribution in [2.24, 2.45) is 5.92 Å². The van der Waals surface area contributed by atoms with Crippen LogP contribution in [0.3, 0.4) is 0 Å². The van der Waals surface area contributed by atoms with Gasteiger partial charge in [0.1, 0.15) is 5.00 Å². The number of hydroxylamine groups is 3. The fraction of sp³-hybridized carbons (Fsp3) is 0.591. The van der Waals surface area contributed by atoms with E-state index in [4.69, 9.17) is 4.94 Å². The highest BCUT2D eigenvalue weighted by Gasteiger charge is 2.43. The number of aromatic nitrogens is 1. The molecule has 3 aliphatic rings. The first kappa shape index (κ1) is 21.7. The molecule has 168 valence electrons. The number of nitrogens with one attached hydrogen (secondary N) is 1. The van der Waals surface area contributed by atoms with E-state index < -0.39 is 11.4 Å². The van der Waals surface area contributed by atoms with E-state index in [-0.39, 0.29) is 5.54 Å². The molecule has 0 radical (unpaired) electrons. The minimum atomic E-state index is -1.22. The predicted molar refractivity (Wildman–Crippen MR) is 128 cm³/mol. The highest BCUT2D eigenvalue weighted by atomic mass is 32.2.